The topological polar surface area (TPSA) is 64.5 Å². The molecule has 1 atom stereocenters. The molecule has 0 aliphatic carbocycles. The van der Waals surface area contributed by atoms with Crippen LogP contribution < -0.4 is 4.74 Å². The van der Waals surface area contributed by atoms with E-state index in [0.29, 0.717) is 24.8 Å². The first-order valence-electron chi connectivity index (χ1n) is 6.93. The maximum atomic E-state index is 11.9. The molecule has 1 aliphatic heterocycles. The van der Waals surface area contributed by atoms with E-state index in [1.165, 1.54) is 0 Å². The zero-order valence-corrected chi connectivity index (χ0v) is 13.3. The molecule has 0 N–H and O–H groups in total. The molecule has 21 heavy (non-hydrogen) atoms. The van der Waals surface area contributed by atoms with Gasteiger partial charge in [0, 0.05) is 25.2 Å². The Kier molecular flexibility index (Phi) is 4.88. The number of nitrogens with zero attached hydrogens (tertiary/aromatic N) is 3. The first-order chi connectivity index (χ1) is 9.83. The lowest BCUT2D eigenvalue weighted by Gasteiger charge is -2.24. The highest BCUT2D eigenvalue weighted by atomic mass is 35.5. The number of halogens is 1. The van der Waals surface area contributed by atoms with Gasteiger partial charge in [-0.1, -0.05) is 11.6 Å². The lowest BCUT2D eigenvalue weighted by molar-refractivity contribution is 0.0284. The summed E-state index contributed by atoms with van der Waals surface area (Å²) in [4.78, 5) is 21.6. The highest BCUT2D eigenvalue weighted by Crippen LogP contribution is 2.20. The Bertz CT molecular complexity index is 504. The molecule has 2 heterocycles. The molecule has 0 radical (unpaired) electrons. The number of aromatic nitrogens is 2. The van der Waals surface area contributed by atoms with Gasteiger partial charge in [-0.05, 0) is 33.3 Å². The SMILES string of the molecule is CC(C)(C)OC(=O)N1CCC(COc2nccc(Cl)n2)C1. The average Bonchev–Trinajstić information content (AvgIpc) is 2.83. The summed E-state index contributed by atoms with van der Waals surface area (Å²) >= 11 is 5.77. The molecule has 0 bridgehead atoms. The number of hydrogen-bond donors (Lipinski definition) is 0. The lowest BCUT2D eigenvalue weighted by atomic mass is 10.1. The average molecular weight is 314 g/mol. The summed E-state index contributed by atoms with van der Waals surface area (Å²) < 4.78 is 10.9. The molecule has 6 nitrogen and oxygen atoms in total. The molecule has 0 saturated carbocycles. The van der Waals surface area contributed by atoms with E-state index < -0.39 is 5.60 Å². The first kappa shape index (κ1) is 15.8. The fourth-order valence-corrected chi connectivity index (χ4v) is 2.17. The van der Waals surface area contributed by atoms with Crippen LogP contribution in [-0.4, -0.2) is 46.3 Å². The van der Waals surface area contributed by atoms with Crippen LogP contribution in [0.5, 0.6) is 6.01 Å². The van der Waals surface area contributed by atoms with Gasteiger partial charge in [0.2, 0.25) is 0 Å². The fraction of sp³-hybridized carbons (Fsp3) is 0.643. The molecule has 1 aromatic rings. The van der Waals surface area contributed by atoms with Gasteiger partial charge < -0.3 is 14.4 Å². The largest absolute Gasteiger partial charge is 0.463 e. The van der Waals surface area contributed by atoms with Crippen LogP contribution >= 0.6 is 11.6 Å². The molecule has 1 aromatic heterocycles. The maximum Gasteiger partial charge on any atom is 0.410 e. The molecular formula is C14H20ClN3O3. The maximum absolute atomic E-state index is 11.9. The lowest BCUT2D eigenvalue weighted by Crippen LogP contribution is -2.35. The summed E-state index contributed by atoms with van der Waals surface area (Å²) in [6.07, 6.45) is 2.15. The molecule has 1 saturated heterocycles. The van der Waals surface area contributed by atoms with Gasteiger partial charge in [-0.2, -0.15) is 4.98 Å². The van der Waals surface area contributed by atoms with Gasteiger partial charge in [-0.25, -0.2) is 9.78 Å². The molecule has 1 amide bonds. The number of rotatable bonds is 3. The zero-order valence-electron chi connectivity index (χ0n) is 12.5. The van der Waals surface area contributed by atoms with E-state index in [0.717, 1.165) is 6.42 Å². The smallest absolute Gasteiger partial charge is 0.410 e. The predicted molar refractivity (Wildman–Crippen MR) is 78.5 cm³/mol. The highest BCUT2D eigenvalue weighted by Gasteiger charge is 2.30. The summed E-state index contributed by atoms with van der Waals surface area (Å²) in [6, 6.07) is 1.85. The summed E-state index contributed by atoms with van der Waals surface area (Å²) in [6.45, 7) is 7.34. The second-order valence-electron chi connectivity index (χ2n) is 6.05. The van der Waals surface area contributed by atoms with Gasteiger partial charge in [-0.15, -0.1) is 0 Å². The van der Waals surface area contributed by atoms with E-state index in [4.69, 9.17) is 21.1 Å². The molecule has 0 spiro atoms. The molecule has 116 valence electrons. The zero-order chi connectivity index (χ0) is 15.5. The van der Waals surface area contributed by atoms with Crippen molar-refractivity contribution in [2.75, 3.05) is 19.7 Å². The molecule has 7 heteroatoms. The Morgan fingerprint density at radius 2 is 2.29 bits per heavy atom. The van der Waals surface area contributed by atoms with Crippen LogP contribution in [0.25, 0.3) is 0 Å². The highest BCUT2D eigenvalue weighted by molar-refractivity contribution is 6.29. The van der Waals surface area contributed by atoms with Crippen molar-refractivity contribution in [1.82, 2.24) is 14.9 Å². The minimum Gasteiger partial charge on any atom is -0.463 e. The molecule has 1 unspecified atom stereocenters. The predicted octanol–water partition coefficient (Wildman–Crippen LogP) is 2.77. The second kappa shape index (κ2) is 6.47. The van der Waals surface area contributed by atoms with Crippen molar-refractivity contribution < 1.29 is 14.3 Å². The summed E-state index contributed by atoms with van der Waals surface area (Å²) in [5, 5.41) is 0.349. The van der Waals surface area contributed by atoms with Gasteiger partial charge in [0.05, 0.1) is 6.61 Å². The minimum absolute atomic E-state index is 0.250. The Morgan fingerprint density at radius 3 is 2.95 bits per heavy atom. The fourth-order valence-electron chi connectivity index (χ4n) is 2.04. The van der Waals surface area contributed by atoms with Crippen molar-refractivity contribution in [3.8, 4) is 6.01 Å². The summed E-state index contributed by atoms with van der Waals surface area (Å²) in [7, 11) is 0. The van der Waals surface area contributed by atoms with Gasteiger partial charge in [0.25, 0.3) is 0 Å². The standard InChI is InChI=1S/C14H20ClN3O3/c1-14(2,3)21-13(19)18-7-5-10(8-18)9-20-12-16-6-4-11(15)17-12/h4,6,10H,5,7-9H2,1-3H3. The Labute approximate surface area is 129 Å². The van der Waals surface area contributed by atoms with Gasteiger partial charge in [-0.3, -0.25) is 0 Å². The number of carbonyl (C=O) groups is 1. The third-order valence-electron chi connectivity index (χ3n) is 2.99. The minimum atomic E-state index is -0.472. The second-order valence-corrected chi connectivity index (χ2v) is 6.44. The van der Waals surface area contributed by atoms with Crippen LogP contribution in [0.3, 0.4) is 0 Å². The van der Waals surface area contributed by atoms with Crippen LogP contribution in [0.2, 0.25) is 5.15 Å². The van der Waals surface area contributed by atoms with E-state index in [9.17, 15) is 4.79 Å². The Balaban J connectivity index is 1.79. The van der Waals surface area contributed by atoms with E-state index in [-0.39, 0.29) is 18.0 Å². The monoisotopic (exact) mass is 313 g/mol. The van der Waals surface area contributed by atoms with E-state index in [1.807, 2.05) is 20.8 Å². The third-order valence-corrected chi connectivity index (χ3v) is 3.20. The van der Waals surface area contributed by atoms with Crippen molar-refractivity contribution in [1.29, 1.82) is 0 Å². The van der Waals surface area contributed by atoms with Crippen LogP contribution in [0, 0.1) is 5.92 Å². The molecule has 1 aliphatic rings. The number of amides is 1. The van der Waals surface area contributed by atoms with Crippen molar-refractivity contribution in [3.05, 3.63) is 17.4 Å². The van der Waals surface area contributed by atoms with E-state index in [2.05, 4.69) is 9.97 Å². The van der Waals surface area contributed by atoms with Crippen molar-refractivity contribution in [3.63, 3.8) is 0 Å². The summed E-state index contributed by atoms with van der Waals surface area (Å²) in [5.74, 6) is 0.250. The van der Waals surface area contributed by atoms with E-state index >= 15 is 0 Å². The van der Waals surface area contributed by atoms with Gasteiger partial charge in [0.1, 0.15) is 10.8 Å². The number of ether oxygens (including phenoxy) is 2. The van der Waals surface area contributed by atoms with Gasteiger partial charge >= 0.3 is 12.1 Å². The van der Waals surface area contributed by atoms with Crippen LogP contribution in [0.15, 0.2) is 12.3 Å². The molecular weight excluding hydrogens is 294 g/mol. The summed E-state index contributed by atoms with van der Waals surface area (Å²) in [5.41, 5.74) is -0.472. The molecule has 1 fully saturated rings. The van der Waals surface area contributed by atoms with Crippen LogP contribution in [-0.2, 0) is 4.74 Å². The normalized spacial score (nSPS) is 18.7. The van der Waals surface area contributed by atoms with Crippen molar-refractivity contribution in [2.45, 2.75) is 32.8 Å². The van der Waals surface area contributed by atoms with E-state index in [1.54, 1.807) is 17.2 Å². The van der Waals surface area contributed by atoms with Crippen molar-refractivity contribution >= 4 is 17.7 Å². The quantitative estimate of drug-likeness (QED) is 0.803. The molecule has 0 aromatic carbocycles. The van der Waals surface area contributed by atoms with Gasteiger partial charge in [0.15, 0.2) is 0 Å². The first-order valence-corrected chi connectivity index (χ1v) is 7.30. The molecule has 2 rings (SSSR count). The van der Waals surface area contributed by atoms with Crippen LogP contribution in [0.4, 0.5) is 4.79 Å². The number of hydrogen-bond acceptors (Lipinski definition) is 5. The Hall–Kier alpha value is -1.56. The van der Waals surface area contributed by atoms with Crippen molar-refractivity contribution in [2.24, 2.45) is 5.92 Å². The number of carbonyl (C=O) groups excluding carboxylic acids is 1. The third kappa shape index (κ3) is 5.04. The van der Waals surface area contributed by atoms with Crippen LogP contribution in [0.1, 0.15) is 27.2 Å². The number of likely N-dealkylation sites (tertiary alicyclic amines) is 1. The Morgan fingerprint density at radius 1 is 1.52 bits per heavy atom.